The predicted molar refractivity (Wildman–Crippen MR) is 68.2 cm³/mol. The van der Waals surface area contributed by atoms with Gasteiger partial charge in [-0.1, -0.05) is 6.07 Å². The molecule has 0 aliphatic rings. The van der Waals surface area contributed by atoms with Gasteiger partial charge in [-0.2, -0.15) is 0 Å². The molecule has 5 heteroatoms. The van der Waals surface area contributed by atoms with Crippen molar-refractivity contribution in [2.24, 2.45) is 0 Å². The molecule has 0 aliphatic carbocycles. The van der Waals surface area contributed by atoms with Crippen LogP contribution in [-0.2, 0) is 4.79 Å². The number of hydrogen-bond donors (Lipinski definition) is 2. The first-order valence-electron chi connectivity index (χ1n) is 5.93. The molecule has 0 heterocycles. The van der Waals surface area contributed by atoms with E-state index in [0.717, 1.165) is 0 Å². The summed E-state index contributed by atoms with van der Waals surface area (Å²) in [5.74, 6) is 0.269. The molecular formula is C13H19NO4. The number of hydrogen-bond acceptors (Lipinski definition) is 4. The normalized spacial score (nSPS) is 11.9. The zero-order valence-electron chi connectivity index (χ0n) is 10.9. The largest absolute Gasteiger partial charge is 0.490 e. The monoisotopic (exact) mass is 253 g/mol. The highest BCUT2D eigenvalue weighted by Gasteiger charge is 2.19. The fourth-order valence-electron chi connectivity index (χ4n) is 1.68. The molecule has 1 aromatic carbocycles. The molecule has 1 atom stereocenters. The molecule has 1 rings (SSSR count). The molecule has 0 spiro atoms. The van der Waals surface area contributed by atoms with Crippen molar-refractivity contribution < 1.29 is 19.4 Å². The second-order valence-electron chi connectivity index (χ2n) is 3.63. The van der Waals surface area contributed by atoms with E-state index in [1.54, 1.807) is 25.2 Å². The van der Waals surface area contributed by atoms with Gasteiger partial charge in [0.1, 0.15) is 6.04 Å². The van der Waals surface area contributed by atoms with Crippen LogP contribution in [0.15, 0.2) is 18.2 Å². The van der Waals surface area contributed by atoms with E-state index in [1.165, 1.54) is 0 Å². The summed E-state index contributed by atoms with van der Waals surface area (Å²) >= 11 is 0. The molecule has 1 unspecified atom stereocenters. The average molecular weight is 253 g/mol. The van der Waals surface area contributed by atoms with Gasteiger partial charge in [0.25, 0.3) is 0 Å². The highest BCUT2D eigenvalue weighted by molar-refractivity contribution is 5.75. The average Bonchev–Trinajstić information content (AvgIpc) is 2.33. The zero-order valence-corrected chi connectivity index (χ0v) is 10.9. The Morgan fingerprint density at radius 1 is 1.28 bits per heavy atom. The van der Waals surface area contributed by atoms with Crippen molar-refractivity contribution in [1.29, 1.82) is 0 Å². The summed E-state index contributed by atoms with van der Waals surface area (Å²) in [6.45, 7) is 4.79. The van der Waals surface area contributed by atoms with Crippen LogP contribution in [0.1, 0.15) is 25.5 Å². The Morgan fingerprint density at radius 2 is 1.89 bits per heavy atom. The lowest BCUT2D eigenvalue weighted by atomic mass is 10.1. The molecule has 0 saturated heterocycles. The zero-order chi connectivity index (χ0) is 13.5. The minimum absolute atomic E-state index is 0.501. The van der Waals surface area contributed by atoms with Crippen molar-refractivity contribution in [1.82, 2.24) is 5.32 Å². The standard InChI is InChI=1S/C13H19NO4/c1-4-17-10-7-6-9(8-11(10)18-5-2)12(14-3)13(15)16/h6-8,12,14H,4-5H2,1-3H3,(H,15,16). The maximum atomic E-state index is 11.1. The minimum atomic E-state index is -0.927. The van der Waals surface area contributed by atoms with Crippen molar-refractivity contribution in [2.75, 3.05) is 20.3 Å². The van der Waals surface area contributed by atoms with Gasteiger partial charge in [-0.25, -0.2) is 0 Å². The van der Waals surface area contributed by atoms with Gasteiger partial charge in [0, 0.05) is 0 Å². The third kappa shape index (κ3) is 3.37. The molecule has 2 N–H and O–H groups in total. The quantitative estimate of drug-likeness (QED) is 0.776. The molecule has 0 bridgehead atoms. The maximum absolute atomic E-state index is 11.1. The number of carboxylic acids is 1. The second kappa shape index (κ2) is 6.86. The Hall–Kier alpha value is -1.75. The van der Waals surface area contributed by atoms with Gasteiger partial charge >= 0.3 is 5.97 Å². The first-order valence-corrected chi connectivity index (χ1v) is 5.93. The Balaban J connectivity index is 3.08. The molecule has 0 amide bonds. The number of benzene rings is 1. The van der Waals surface area contributed by atoms with Crippen LogP contribution in [0.5, 0.6) is 11.5 Å². The molecule has 0 aliphatic heterocycles. The molecule has 18 heavy (non-hydrogen) atoms. The lowest BCUT2D eigenvalue weighted by Gasteiger charge is -2.16. The Kier molecular flexibility index (Phi) is 5.45. The van der Waals surface area contributed by atoms with Crippen LogP contribution in [0.25, 0.3) is 0 Å². The van der Waals surface area contributed by atoms with Crippen LogP contribution in [0.4, 0.5) is 0 Å². The number of carboxylic acid groups (broad SMARTS) is 1. The summed E-state index contributed by atoms with van der Waals surface area (Å²) in [5.41, 5.74) is 0.636. The van der Waals surface area contributed by atoms with Crippen LogP contribution in [0.3, 0.4) is 0 Å². The SMILES string of the molecule is CCOc1ccc(C(NC)C(=O)O)cc1OCC. The number of nitrogens with one attached hydrogen (secondary N) is 1. The van der Waals surface area contributed by atoms with Crippen molar-refractivity contribution in [3.05, 3.63) is 23.8 Å². The van der Waals surface area contributed by atoms with Gasteiger partial charge in [-0.05, 0) is 38.6 Å². The van der Waals surface area contributed by atoms with E-state index >= 15 is 0 Å². The van der Waals surface area contributed by atoms with Crippen molar-refractivity contribution in [3.8, 4) is 11.5 Å². The van der Waals surface area contributed by atoms with E-state index in [2.05, 4.69) is 5.32 Å². The molecule has 0 radical (unpaired) electrons. The molecule has 1 aromatic rings. The highest BCUT2D eigenvalue weighted by atomic mass is 16.5. The van der Waals surface area contributed by atoms with Gasteiger partial charge in [-0.15, -0.1) is 0 Å². The fraction of sp³-hybridized carbons (Fsp3) is 0.462. The molecule has 0 fully saturated rings. The lowest BCUT2D eigenvalue weighted by Crippen LogP contribution is -2.24. The fourth-order valence-corrected chi connectivity index (χ4v) is 1.68. The van der Waals surface area contributed by atoms with Crippen LogP contribution in [-0.4, -0.2) is 31.3 Å². The Morgan fingerprint density at radius 3 is 2.39 bits per heavy atom. The third-order valence-corrected chi connectivity index (χ3v) is 2.44. The van der Waals surface area contributed by atoms with E-state index < -0.39 is 12.0 Å². The molecule has 100 valence electrons. The number of rotatable bonds is 7. The van der Waals surface area contributed by atoms with Crippen LogP contribution < -0.4 is 14.8 Å². The molecular weight excluding hydrogens is 234 g/mol. The molecule has 5 nitrogen and oxygen atoms in total. The van der Waals surface area contributed by atoms with Crippen molar-refractivity contribution in [2.45, 2.75) is 19.9 Å². The minimum Gasteiger partial charge on any atom is -0.490 e. The van der Waals surface area contributed by atoms with E-state index in [1.807, 2.05) is 13.8 Å². The topological polar surface area (TPSA) is 67.8 Å². The highest BCUT2D eigenvalue weighted by Crippen LogP contribution is 2.30. The van der Waals surface area contributed by atoms with E-state index in [0.29, 0.717) is 30.3 Å². The van der Waals surface area contributed by atoms with Gasteiger partial charge in [-0.3, -0.25) is 4.79 Å². The van der Waals surface area contributed by atoms with E-state index in [-0.39, 0.29) is 0 Å². The lowest BCUT2D eigenvalue weighted by molar-refractivity contribution is -0.139. The van der Waals surface area contributed by atoms with Gasteiger partial charge in [0.2, 0.25) is 0 Å². The predicted octanol–water partition coefficient (Wildman–Crippen LogP) is 1.83. The number of ether oxygens (including phenoxy) is 2. The first kappa shape index (κ1) is 14.3. The number of likely N-dealkylation sites (N-methyl/N-ethyl adjacent to an activating group) is 1. The van der Waals surface area contributed by atoms with Crippen molar-refractivity contribution in [3.63, 3.8) is 0 Å². The molecule has 0 aromatic heterocycles. The van der Waals surface area contributed by atoms with E-state index in [4.69, 9.17) is 14.6 Å². The van der Waals surface area contributed by atoms with Gasteiger partial charge in [0.15, 0.2) is 11.5 Å². The van der Waals surface area contributed by atoms with E-state index in [9.17, 15) is 4.79 Å². The first-order chi connectivity index (χ1) is 8.63. The summed E-state index contributed by atoms with van der Waals surface area (Å²) in [7, 11) is 1.61. The molecule has 0 saturated carbocycles. The van der Waals surface area contributed by atoms with Gasteiger partial charge < -0.3 is 19.9 Å². The second-order valence-corrected chi connectivity index (χ2v) is 3.63. The maximum Gasteiger partial charge on any atom is 0.325 e. The Labute approximate surface area is 107 Å². The number of aliphatic carboxylic acids is 1. The van der Waals surface area contributed by atoms with Crippen LogP contribution in [0, 0.1) is 0 Å². The summed E-state index contributed by atoms with van der Waals surface area (Å²) in [6.07, 6.45) is 0. The number of carbonyl (C=O) groups is 1. The summed E-state index contributed by atoms with van der Waals surface area (Å²) < 4.78 is 10.9. The summed E-state index contributed by atoms with van der Waals surface area (Å²) in [4.78, 5) is 11.1. The van der Waals surface area contributed by atoms with Crippen LogP contribution >= 0.6 is 0 Å². The Bertz CT molecular complexity index is 406. The van der Waals surface area contributed by atoms with Crippen LogP contribution in [0.2, 0.25) is 0 Å². The van der Waals surface area contributed by atoms with Gasteiger partial charge in [0.05, 0.1) is 13.2 Å². The third-order valence-electron chi connectivity index (χ3n) is 2.44. The van der Waals surface area contributed by atoms with Crippen molar-refractivity contribution >= 4 is 5.97 Å². The smallest absolute Gasteiger partial charge is 0.325 e. The summed E-state index contributed by atoms with van der Waals surface area (Å²) in [6, 6.07) is 4.41. The summed E-state index contributed by atoms with van der Waals surface area (Å²) in [5, 5.41) is 11.8.